The molecule has 0 aliphatic heterocycles. The van der Waals surface area contributed by atoms with Gasteiger partial charge >= 0.3 is 0 Å². The number of aryl methyl sites for hydroxylation is 1. The van der Waals surface area contributed by atoms with Gasteiger partial charge in [0.25, 0.3) is 0 Å². The van der Waals surface area contributed by atoms with Gasteiger partial charge in [0.2, 0.25) is 5.95 Å². The van der Waals surface area contributed by atoms with Crippen molar-refractivity contribution in [1.29, 1.82) is 0 Å². The third-order valence-electron chi connectivity index (χ3n) is 3.00. The van der Waals surface area contributed by atoms with Crippen LogP contribution in [0.3, 0.4) is 0 Å². The standard InChI is InChI=1S/C12H20N4/c1-4-13-12-14-7-8(2)11(16-12)15-9(3)10-5-6-10/h7,9-10H,4-6H2,1-3H3,(H2,13,14,15,16). The van der Waals surface area contributed by atoms with Crippen molar-refractivity contribution in [2.45, 2.75) is 39.7 Å². The van der Waals surface area contributed by atoms with Crippen molar-refractivity contribution in [2.24, 2.45) is 5.92 Å². The molecule has 4 nitrogen and oxygen atoms in total. The number of nitrogens with one attached hydrogen (secondary N) is 2. The number of rotatable bonds is 5. The quantitative estimate of drug-likeness (QED) is 0.800. The predicted molar refractivity (Wildman–Crippen MR) is 66.7 cm³/mol. The number of hydrogen-bond donors (Lipinski definition) is 2. The van der Waals surface area contributed by atoms with Crippen LogP contribution in [0.1, 0.15) is 32.3 Å². The van der Waals surface area contributed by atoms with Crippen molar-refractivity contribution in [2.75, 3.05) is 17.2 Å². The molecular formula is C12H20N4. The molecule has 1 heterocycles. The summed E-state index contributed by atoms with van der Waals surface area (Å²) in [7, 11) is 0. The van der Waals surface area contributed by atoms with Gasteiger partial charge in [-0.25, -0.2) is 4.98 Å². The summed E-state index contributed by atoms with van der Waals surface area (Å²) in [5, 5.41) is 6.61. The van der Waals surface area contributed by atoms with Gasteiger partial charge in [0.1, 0.15) is 5.82 Å². The van der Waals surface area contributed by atoms with Crippen molar-refractivity contribution < 1.29 is 0 Å². The summed E-state index contributed by atoms with van der Waals surface area (Å²) < 4.78 is 0. The first kappa shape index (κ1) is 11.2. The Hall–Kier alpha value is -1.32. The van der Waals surface area contributed by atoms with E-state index in [1.165, 1.54) is 12.8 Å². The Balaban J connectivity index is 2.07. The molecule has 4 heteroatoms. The maximum Gasteiger partial charge on any atom is 0.224 e. The molecule has 0 bridgehead atoms. The van der Waals surface area contributed by atoms with E-state index in [1.54, 1.807) is 0 Å². The van der Waals surface area contributed by atoms with Crippen LogP contribution < -0.4 is 10.6 Å². The molecule has 1 aliphatic carbocycles. The third kappa shape index (κ3) is 2.62. The van der Waals surface area contributed by atoms with Crippen LogP contribution in [0.5, 0.6) is 0 Å². The van der Waals surface area contributed by atoms with Crippen molar-refractivity contribution in [1.82, 2.24) is 9.97 Å². The highest BCUT2D eigenvalue weighted by Gasteiger charge is 2.28. The van der Waals surface area contributed by atoms with Crippen molar-refractivity contribution in [3.63, 3.8) is 0 Å². The minimum atomic E-state index is 0.517. The Bertz CT molecular complexity index is 360. The predicted octanol–water partition coefficient (Wildman–Crippen LogP) is 2.43. The molecule has 1 atom stereocenters. The van der Waals surface area contributed by atoms with Crippen molar-refractivity contribution >= 4 is 11.8 Å². The number of anilines is 2. The van der Waals surface area contributed by atoms with Crippen LogP contribution >= 0.6 is 0 Å². The van der Waals surface area contributed by atoms with E-state index in [-0.39, 0.29) is 0 Å². The lowest BCUT2D eigenvalue weighted by atomic mass is 10.2. The van der Waals surface area contributed by atoms with Gasteiger partial charge in [-0.15, -0.1) is 0 Å². The molecule has 1 aromatic rings. The third-order valence-corrected chi connectivity index (χ3v) is 3.00. The summed E-state index contributed by atoms with van der Waals surface area (Å²) >= 11 is 0. The first-order chi connectivity index (χ1) is 7.70. The maximum absolute atomic E-state index is 4.48. The second-order valence-electron chi connectivity index (χ2n) is 4.53. The van der Waals surface area contributed by atoms with Crippen LogP contribution in [-0.4, -0.2) is 22.6 Å². The number of aromatic nitrogens is 2. The highest BCUT2D eigenvalue weighted by molar-refractivity contribution is 5.47. The lowest BCUT2D eigenvalue weighted by molar-refractivity contribution is 0.689. The molecule has 1 unspecified atom stereocenters. The summed E-state index contributed by atoms with van der Waals surface area (Å²) in [6.45, 7) is 7.16. The molecule has 88 valence electrons. The van der Waals surface area contributed by atoms with E-state index in [2.05, 4.69) is 27.5 Å². The molecule has 0 aromatic carbocycles. The van der Waals surface area contributed by atoms with Gasteiger partial charge in [-0.2, -0.15) is 4.98 Å². The Morgan fingerprint density at radius 2 is 2.25 bits per heavy atom. The van der Waals surface area contributed by atoms with E-state index < -0.39 is 0 Å². The van der Waals surface area contributed by atoms with Crippen LogP contribution in [0.15, 0.2) is 6.20 Å². The van der Waals surface area contributed by atoms with Crippen LogP contribution in [0.25, 0.3) is 0 Å². The average Bonchev–Trinajstić information content (AvgIpc) is 3.07. The molecule has 2 rings (SSSR count). The Labute approximate surface area is 96.9 Å². The van der Waals surface area contributed by atoms with Crippen LogP contribution in [0.2, 0.25) is 0 Å². The summed E-state index contributed by atoms with van der Waals surface area (Å²) in [6.07, 6.45) is 4.56. The van der Waals surface area contributed by atoms with Gasteiger partial charge < -0.3 is 10.6 Å². The monoisotopic (exact) mass is 220 g/mol. The topological polar surface area (TPSA) is 49.8 Å². The van der Waals surface area contributed by atoms with Gasteiger partial charge in [0.15, 0.2) is 0 Å². The molecule has 0 amide bonds. The smallest absolute Gasteiger partial charge is 0.224 e. The zero-order valence-corrected chi connectivity index (χ0v) is 10.2. The summed E-state index contributed by atoms with van der Waals surface area (Å²) in [6, 6.07) is 0.517. The van der Waals surface area contributed by atoms with Crippen molar-refractivity contribution in [3.8, 4) is 0 Å². The minimum absolute atomic E-state index is 0.517. The Morgan fingerprint density at radius 3 is 2.88 bits per heavy atom. The summed E-state index contributed by atoms with van der Waals surface area (Å²) in [5.41, 5.74) is 1.11. The number of nitrogens with zero attached hydrogens (tertiary/aromatic N) is 2. The maximum atomic E-state index is 4.48. The normalized spacial score (nSPS) is 16.9. The van der Waals surface area contributed by atoms with Gasteiger partial charge in [-0.1, -0.05) is 0 Å². The van der Waals surface area contributed by atoms with E-state index in [0.29, 0.717) is 12.0 Å². The minimum Gasteiger partial charge on any atom is -0.367 e. The zero-order chi connectivity index (χ0) is 11.5. The molecule has 0 saturated heterocycles. The van der Waals surface area contributed by atoms with Crippen molar-refractivity contribution in [3.05, 3.63) is 11.8 Å². The SMILES string of the molecule is CCNc1ncc(C)c(NC(C)C2CC2)n1. The molecule has 1 aliphatic rings. The molecule has 0 spiro atoms. The van der Waals surface area contributed by atoms with E-state index in [4.69, 9.17) is 0 Å². The van der Waals surface area contributed by atoms with Gasteiger partial charge in [-0.05, 0) is 39.5 Å². The summed E-state index contributed by atoms with van der Waals surface area (Å²) in [5.74, 6) is 2.50. The number of hydrogen-bond acceptors (Lipinski definition) is 4. The lowest BCUT2D eigenvalue weighted by Gasteiger charge is -2.15. The Morgan fingerprint density at radius 1 is 1.50 bits per heavy atom. The van der Waals surface area contributed by atoms with E-state index in [9.17, 15) is 0 Å². The summed E-state index contributed by atoms with van der Waals surface area (Å²) in [4.78, 5) is 8.71. The highest BCUT2D eigenvalue weighted by atomic mass is 15.1. The molecular weight excluding hydrogens is 200 g/mol. The second kappa shape index (κ2) is 4.68. The second-order valence-corrected chi connectivity index (χ2v) is 4.53. The highest BCUT2D eigenvalue weighted by Crippen LogP contribution is 2.34. The zero-order valence-electron chi connectivity index (χ0n) is 10.2. The average molecular weight is 220 g/mol. The molecule has 0 radical (unpaired) electrons. The first-order valence-electron chi connectivity index (χ1n) is 6.04. The van der Waals surface area contributed by atoms with Gasteiger partial charge in [0.05, 0.1) is 0 Å². The van der Waals surface area contributed by atoms with Gasteiger partial charge in [-0.3, -0.25) is 0 Å². The van der Waals surface area contributed by atoms with Gasteiger partial charge in [0, 0.05) is 24.3 Å². The Kier molecular flexibility index (Phi) is 3.27. The van der Waals surface area contributed by atoms with Crippen LogP contribution in [0.4, 0.5) is 11.8 Å². The largest absolute Gasteiger partial charge is 0.367 e. The van der Waals surface area contributed by atoms with E-state index in [1.807, 2.05) is 20.0 Å². The molecule has 1 fully saturated rings. The molecule has 16 heavy (non-hydrogen) atoms. The molecule has 1 saturated carbocycles. The lowest BCUT2D eigenvalue weighted by Crippen LogP contribution is -2.19. The van der Waals surface area contributed by atoms with E-state index in [0.717, 1.165) is 23.8 Å². The van der Waals surface area contributed by atoms with E-state index >= 15 is 0 Å². The fourth-order valence-corrected chi connectivity index (χ4v) is 1.76. The fraction of sp³-hybridized carbons (Fsp3) is 0.667. The molecule has 1 aromatic heterocycles. The first-order valence-corrected chi connectivity index (χ1v) is 6.04. The molecule has 2 N–H and O–H groups in total. The van der Waals surface area contributed by atoms with Crippen LogP contribution in [-0.2, 0) is 0 Å². The van der Waals surface area contributed by atoms with Crippen LogP contribution in [0, 0.1) is 12.8 Å². The fourth-order valence-electron chi connectivity index (χ4n) is 1.76.